The van der Waals surface area contributed by atoms with Gasteiger partial charge in [-0.1, -0.05) is 62.9 Å². The first-order valence-electron chi connectivity index (χ1n) is 7.15. The second-order valence-corrected chi connectivity index (χ2v) is 7.90. The Morgan fingerprint density at radius 3 is 2.00 bits per heavy atom. The van der Waals surface area contributed by atoms with Gasteiger partial charge in [-0.25, -0.2) is 0 Å². The normalized spacial score (nSPS) is 28.7. The highest BCUT2D eigenvalue weighted by molar-refractivity contribution is 9.09. The second-order valence-electron chi connectivity index (χ2n) is 7.34. The number of hydrogen-bond donors (Lipinski definition) is 1. The summed E-state index contributed by atoms with van der Waals surface area (Å²) in [6.07, 6.45) is 6.03. The monoisotopic (exact) mass is 315 g/mol. The summed E-state index contributed by atoms with van der Waals surface area (Å²) in [5, 5.41) is 4.26. The minimum absolute atomic E-state index is 0.0179. The highest BCUT2D eigenvalue weighted by Crippen LogP contribution is 2.68. The Morgan fingerprint density at radius 2 is 1.61 bits per heavy atom. The number of halogens is 1. The highest BCUT2D eigenvalue weighted by atomic mass is 79.9. The molecule has 0 aliphatic heterocycles. The summed E-state index contributed by atoms with van der Waals surface area (Å²) in [6, 6.07) is 0. The van der Waals surface area contributed by atoms with Crippen molar-refractivity contribution in [3.8, 4) is 0 Å². The van der Waals surface area contributed by atoms with E-state index in [0.717, 1.165) is 18.2 Å². The van der Waals surface area contributed by atoms with E-state index in [-0.39, 0.29) is 28.2 Å². The zero-order valence-electron chi connectivity index (χ0n) is 12.1. The molecular formula is C15H26BrNO. The summed E-state index contributed by atoms with van der Waals surface area (Å²) in [4.78, 5) is 12.5. The van der Waals surface area contributed by atoms with Gasteiger partial charge >= 0.3 is 0 Å². The molecule has 0 saturated heterocycles. The molecule has 0 radical (unpaired) electrons. The van der Waals surface area contributed by atoms with Crippen molar-refractivity contribution in [2.75, 3.05) is 5.33 Å². The van der Waals surface area contributed by atoms with Gasteiger partial charge in [-0.15, -0.1) is 0 Å². The first-order chi connectivity index (χ1) is 8.27. The van der Waals surface area contributed by atoms with Gasteiger partial charge in [0.15, 0.2) is 0 Å². The lowest BCUT2D eigenvalue weighted by Crippen LogP contribution is -2.52. The van der Waals surface area contributed by atoms with Crippen LogP contribution in [0.2, 0.25) is 0 Å². The van der Waals surface area contributed by atoms with E-state index >= 15 is 0 Å². The number of carbonyl (C=O) groups excluding carboxylic acids is 1. The van der Waals surface area contributed by atoms with Crippen molar-refractivity contribution in [2.24, 2.45) is 16.7 Å². The molecule has 1 amide bonds. The number of amides is 1. The maximum Gasteiger partial charge on any atom is 0.224 e. The van der Waals surface area contributed by atoms with Gasteiger partial charge in [0.25, 0.3) is 0 Å². The molecule has 0 heterocycles. The van der Waals surface area contributed by atoms with Gasteiger partial charge in [-0.2, -0.15) is 0 Å². The van der Waals surface area contributed by atoms with Crippen molar-refractivity contribution >= 4 is 21.8 Å². The third-order valence-corrected chi connectivity index (χ3v) is 6.81. The van der Waals surface area contributed by atoms with Crippen molar-refractivity contribution in [1.82, 2.24) is 5.32 Å². The Labute approximate surface area is 119 Å². The molecule has 0 aromatic rings. The molecule has 0 atom stereocenters. The van der Waals surface area contributed by atoms with Crippen LogP contribution in [0.5, 0.6) is 0 Å². The fourth-order valence-corrected chi connectivity index (χ4v) is 4.41. The van der Waals surface area contributed by atoms with Crippen LogP contribution in [-0.4, -0.2) is 16.8 Å². The molecule has 1 N–H and O–H groups in total. The molecule has 18 heavy (non-hydrogen) atoms. The van der Waals surface area contributed by atoms with Gasteiger partial charge in [0, 0.05) is 16.8 Å². The maximum absolute atomic E-state index is 12.5. The summed E-state index contributed by atoms with van der Waals surface area (Å²) in [5.41, 5.74) is 0.294. The van der Waals surface area contributed by atoms with Crippen molar-refractivity contribution in [2.45, 2.75) is 65.3 Å². The lowest BCUT2D eigenvalue weighted by Gasteiger charge is -2.37. The molecule has 0 aromatic heterocycles. The van der Waals surface area contributed by atoms with Gasteiger partial charge in [-0.05, 0) is 23.7 Å². The predicted octanol–water partition coefficient (Wildman–Crippen LogP) is 3.88. The largest absolute Gasteiger partial charge is 0.350 e. The molecule has 3 heteroatoms. The van der Waals surface area contributed by atoms with Gasteiger partial charge in [0.1, 0.15) is 0 Å². The van der Waals surface area contributed by atoms with Crippen LogP contribution in [0.4, 0.5) is 0 Å². The second kappa shape index (κ2) is 4.50. The Balaban J connectivity index is 2.03. The fraction of sp³-hybridized carbons (Fsp3) is 0.933. The Kier molecular flexibility index (Phi) is 3.59. The summed E-state index contributed by atoms with van der Waals surface area (Å²) in [5.74, 6) is 0.439. The standard InChI is InChI=1S/C15H26BrNO/c1-13(2)11(14(13,3)4)12(18)17-15(10-16)8-6-5-7-9-15/h11H,5-10H2,1-4H3,(H,17,18). The van der Waals surface area contributed by atoms with E-state index in [0.29, 0.717) is 0 Å². The minimum atomic E-state index is 0.0179. The van der Waals surface area contributed by atoms with Crippen LogP contribution in [0.1, 0.15) is 59.8 Å². The van der Waals surface area contributed by atoms with Crippen LogP contribution >= 0.6 is 15.9 Å². The molecule has 0 unspecified atom stereocenters. The van der Waals surface area contributed by atoms with E-state index in [4.69, 9.17) is 0 Å². The number of alkyl halides is 1. The summed E-state index contributed by atoms with van der Waals surface area (Å²) in [6.45, 7) is 8.83. The zero-order valence-corrected chi connectivity index (χ0v) is 13.7. The van der Waals surface area contributed by atoms with Crippen molar-refractivity contribution in [3.05, 3.63) is 0 Å². The molecule has 2 aliphatic rings. The third kappa shape index (κ3) is 2.13. The van der Waals surface area contributed by atoms with E-state index < -0.39 is 0 Å². The van der Waals surface area contributed by atoms with Gasteiger partial charge in [0.05, 0.1) is 0 Å². The number of rotatable bonds is 3. The Morgan fingerprint density at radius 1 is 1.11 bits per heavy atom. The highest BCUT2D eigenvalue weighted by Gasteiger charge is 2.68. The third-order valence-electron chi connectivity index (χ3n) is 5.74. The summed E-state index contributed by atoms with van der Waals surface area (Å²) in [7, 11) is 0. The van der Waals surface area contributed by atoms with Crippen LogP contribution in [0.25, 0.3) is 0 Å². The molecule has 0 aromatic carbocycles. The van der Waals surface area contributed by atoms with Crippen LogP contribution < -0.4 is 5.32 Å². The molecular weight excluding hydrogens is 290 g/mol. The molecule has 0 spiro atoms. The van der Waals surface area contributed by atoms with E-state index in [2.05, 4.69) is 48.9 Å². The summed E-state index contributed by atoms with van der Waals surface area (Å²) < 4.78 is 0. The van der Waals surface area contributed by atoms with Crippen molar-refractivity contribution in [3.63, 3.8) is 0 Å². The number of nitrogens with one attached hydrogen (secondary N) is 1. The van der Waals surface area contributed by atoms with E-state index in [1.54, 1.807) is 0 Å². The van der Waals surface area contributed by atoms with Crippen LogP contribution in [0.3, 0.4) is 0 Å². The molecule has 2 fully saturated rings. The van der Waals surface area contributed by atoms with Gasteiger partial charge in [0.2, 0.25) is 5.91 Å². The maximum atomic E-state index is 12.5. The minimum Gasteiger partial charge on any atom is -0.350 e. The molecule has 2 nitrogen and oxygen atoms in total. The molecule has 0 bridgehead atoms. The van der Waals surface area contributed by atoms with Gasteiger partial charge in [-0.3, -0.25) is 4.79 Å². The number of hydrogen-bond acceptors (Lipinski definition) is 1. The Bertz CT molecular complexity index is 328. The average Bonchev–Trinajstić information content (AvgIpc) is 2.70. The number of carbonyl (C=O) groups is 1. The van der Waals surface area contributed by atoms with Crippen LogP contribution in [0.15, 0.2) is 0 Å². The first kappa shape index (κ1) is 14.4. The Hall–Kier alpha value is -0.0500. The van der Waals surface area contributed by atoms with Crippen molar-refractivity contribution < 1.29 is 4.79 Å². The van der Waals surface area contributed by atoms with E-state index in [9.17, 15) is 4.79 Å². The molecule has 104 valence electrons. The lowest BCUT2D eigenvalue weighted by atomic mass is 9.83. The van der Waals surface area contributed by atoms with E-state index in [1.165, 1.54) is 19.3 Å². The topological polar surface area (TPSA) is 29.1 Å². The molecule has 2 rings (SSSR count). The van der Waals surface area contributed by atoms with Crippen LogP contribution in [0, 0.1) is 16.7 Å². The fourth-order valence-electron chi connectivity index (χ4n) is 3.71. The zero-order chi connectivity index (χ0) is 13.6. The lowest BCUT2D eigenvalue weighted by molar-refractivity contribution is -0.125. The first-order valence-corrected chi connectivity index (χ1v) is 8.27. The predicted molar refractivity (Wildman–Crippen MR) is 78.8 cm³/mol. The smallest absolute Gasteiger partial charge is 0.224 e. The van der Waals surface area contributed by atoms with Crippen LogP contribution in [-0.2, 0) is 4.79 Å². The van der Waals surface area contributed by atoms with Gasteiger partial charge < -0.3 is 5.32 Å². The molecule has 2 aliphatic carbocycles. The van der Waals surface area contributed by atoms with E-state index in [1.807, 2.05) is 0 Å². The SMILES string of the molecule is CC1(C)C(C(=O)NC2(CBr)CCCCC2)C1(C)C. The summed E-state index contributed by atoms with van der Waals surface area (Å²) >= 11 is 3.61. The van der Waals surface area contributed by atoms with Crippen molar-refractivity contribution in [1.29, 1.82) is 0 Å². The molecule has 2 saturated carbocycles. The average molecular weight is 316 g/mol. The quantitative estimate of drug-likeness (QED) is 0.787.